The van der Waals surface area contributed by atoms with Gasteiger partial charge in [0.05, 0.1) is 11.4 Å². The number of hydrogen-bond donors (Lipinski definition) is 1. The summed E-state index contributed by atoms with van der Waals surface area (Å²) in [5.41, 5.74) is 1.55. The highest BCUT2D eigenvalue weighted by molar-refractivity contribution is 8.00. The maximum absolute atomic E-state index is 11.4. The average molecular weight is 222 g/mol. The Hall–Kier alpha value is -1.49. The number of benzene rings is 1. The number of anilines is 2. The molecule has 1 aliphatic rings. The molecule has 0 bridgehead atoms. The van der Waals surface area contributed by atoms with Crippen molar-refractivity contribution in [3.8, 4) is 0 Å². The first-order valence-corrected chi connectivity index (χ1v) is 5.44. The van der Waals surface area contributed by atoms with Gasteiger partial charge in [-0.05, 0) is 18.2 Å². The Bertz CT molecular complexity index is 420. The summed E-state index contributed by atoms with van der Waals surface area (Å²) in [6.45, 7) is 0. The Morgan fingerprint density at radius 3 is 3.07 bits per heavy atom. The second-order valence-corrected chi connectivity index (χ2v) is 4.20. The largest absolute Gasteiger partial charge is 0.329 e. The molecule has 1 heterocycles. The van der Waals surface area contributed by atoms with Crippen molar-refractivity contribution in [2.45, 2.75) is 4.90 Å². The zero-order chi connectivity index (χ0) is 10.8. The van der Waals surface area contributed by atoms with E-state index in [-0.39, 0.29) is 5.91 Å². The molecule has 1 aromatic rings. The van der Waals surface area contributed by atoms with Gasteiger partial charge in [0, 0.05) is 17.6 Å². The first-order valence-electron chi connectivity index (χ1n) is 4.46. The molecule has 0 aromatic heterocycles. The molecule has 0 saturated heterocycles. The van der Waals surface area contributed by atoms with Crippen molar-refractivity contribution in [1.29, 1.82) is 0 Å². The van der Waals surface area contributed by atoms with Gasteiger partial charge in [-0.2, -0.15) is 0 Å². The summed E-state index contributed by atoms with van der Waals surface area (Å²) in [5.74, 6) is 0.556. The van der Waals surface area contributed by atoms with E-state index < -0.39 is 0 Å². The molecule has 1 aliphatic heterocycles. The Balaban J connectivity index is 2.40. The molecule has 4 nitrogen and oxygen atoms in total. The summed E-state index contributed by atoms with van der Waals surface area (Å²) >= 11 is 1.52. The number of rotatable bonds is 2. The van der Waals surface area contributed by atoms with Gasteiger partial charge in [-0.1, -0.05) is 0 Å². The van der Waals surface area contributed by atoms with Gasteiger partial charge in [-0.25, -0.2) is 0 Å². The second kappa shape index (κ2) is 3.94. The summed E-state index contributed by atoms with van der Waals surface area (Å²) < 4.78 is 0. The van der Waals surface area contributed by atoms with E-state index in [9.17, 15) is 9.59 Å². The summed E-state index contributed by atoms with van der Waals surface area (Å²) in [6.07, 6.45) is 0.625. The van der Waals surface area contributed by atoms with Crippen LogP contribution in [-0.2, 0) is 9.59 Å². The molecule has 0 atom stereocenters. The van der Waals surface area contributed by atoms with E-state index in [2.05, 4.69) is 5.32 Å². The van der Waals surface area contributed by atoms with Crippen LogP contribution < -0.4 is 10.2 Å². The van der Waals surface area contributed by atoms with Crippen molar-refractivity contribution in [2.24, 2.45) is 0 Å². The smallest absolute Gasteiger partial charge is 0.237 e. The van der Waals surface area contributed by atoms with Crippen LogP contribution in [0.15, 0.2) is 23.1 Å². The predicted octanol–water partition coefficient (Wildman–Crippen LogP) is 1.32. The first kappa shape index (κ1) is 10.0. The summed E-state index contributed by atoms with van der Waals surface area (Å²) in [7, 11) is 1.74. The van der Waals surface area contributed by atoms with E-state index in [0.717, 1.165) is 10.6 Å². The molecule has 2 rings (SSSR count). The molecule has 0 unspecified atom stereocenters. The lowest BCUT2D eigenvalue weighted by atomic mass is 10.2. The lowest BCUT2D eigenvalue weighted by Gasteiger charge is -2.25. The van der Waals surface area contributed by atoms with Gasteiger partial charge in [0.15, 0.2) is 0 Å². The van der Waals surface area contributed by atoms with Crippen LogP contribution in [-0.4, -0.2) is 25.1 Å². The van der Waals surface area contributed by atoms with Crippen LogP contribution in [0.5, 0.6) is 0 Å². The Morgan fingerprint density at radius 2 is 2.33 bits per heavy atom. The molecule has 0 spiro atoms. The molecule has 78 valence electrons. The van der Waals surface area contributed by atoms with Crippen LogP contribution in [0.2, 0.25) is 0 Å². The highest BCUT2D eigenvalue weighted by Gasteiger charge is 2.21. The van der Waals surface area contributed by atoms with Crippen LogP contribution in [0.1, 0.15) is 0 Å². The fourth-order valence-electron chi connectivity index (χ4n) is 1.43. The summed E-state index contributed by atoms with van der Waals surface area (Å²) in [4.78, 5) is 24.4. The monoisotopic (exact) mass is 222 g/mol. The zero-order valence-electron chi connectivity index (χ0n) is 8.19. The standard InChI is InChI=1S/C10H10N2O2S/c1-12-8-4-7(11-6-13)2-3-9(8)15-5-10(12)14/h2-4,6H,5H2,1H3,(H,11,13). The molecule has 0 saturated carbocycles. The molecule has 5 heteroatoms. The zero-order valence-corrected chi connectivity index (χ0v) is 9.00. The van der Waals surface area contributed by atoms with Crippen molar-refractivity contribution in [3.05, 3.63) is 18.2 Å². The van der Waals surface area contributed by atoms with E-state index in [4.69, 9.17) is 0 Å². The minimum Gasteiger partial charge on any atom is -0.329 e. The Kier molecular flexibility index (Phi) is 2.64. The molecule has 0 radical (unpaired) electrons. The average Bonchev–Trinajstić information content (AvgIpc) is 2.25. The van der Waals surface area contributed by atoms with Crippen molar-refractivity contribution in [2.75, 3.05) is 23.0 Å². The Labute approximate surface area is 91.6 Å². The third kappa shape index (κ3) is 1.83. The van der Waals surface area contributed by atoms with E-state index >= 15 is 0 Å². The van der Waals surface area contributed by atoms with Crippen LogP contribution in [0.4, 0.5) is 11.4 Å². The van der Waals surface area contributed by atoms with Crippen molar-refractivity contribution in [3.63, 3.8) is 0 Å². The first-order chi connectivity index (χ1) is 7.22. The minimum atomic E-state index is 0.0794. The lowest BCUT2D eigenvalue weighted by Crippen LogP contribution is -2.31. The van der Waals surface area contributed by atoms with Crippen LogP contribution in [0, 0.1) is 0 Å². The van der Waals surface area contributed by atoms with Crippen molar-refractivity contribution >= 4 is 35.5 Å². The van der Waals surface area contributed by atoms with Crippen LogP contribution in [0.25, 0.3) is 0 Å². The number of hydrogen-bond acceptors (Lipinski definition) is 3. The third-order valence-electron chi connectivity index (χ3n) is 2.27. The fourth-order valence-corrected chi connectivity index (χ4v) is 2.41. The van der Waals surface area contributed by atoms with E-state index in [0.29, 0.717) is 17.9 Å². The highest BCUT2D eigenvalue weighted by atomic mass is 32.2. The number of amides is 2. The molecule has 15 heavy (non-hydrogen) atoms. The lowest BCUT2D eigenvalue weighted by molar-refractivity contribution is -0.116. The summed E-state index contributed by atoms with van der Waals surface area (Å²) in [5, 5.41) is 2.57. The number of thioether (sulfide) groups is 1. The van der Waals surface area contributed by atoms with E-state index in [1.807, 2.05) is 12.1 Å². The number of fused-ring (bicyclic) bond motifs is 1. The van der Waals surface area contributed by atoms with Crippen molar-refractivity contribution < 1.29 is 9.59 Å². The molecule has 0 aliphatic carbocycles. The quantitative estimate of drug-likeness (QED) is 0.768. The van der Waals surface area contributed by atoms with Gasteiger partial charge in [-0.3, -0.25) is 9.59 Å². The number of nitrogens with one attached hydrogen (secondary N) is 1. The van der Waals surface area contributed by atoms with Gasteiger partial charge >= 0.3 is 0 Å². The molecular formula is C10H10N2O2S. The van der Waals surface area contributed by atoms with E-state index in [1.165, 1.54) is 11.8 Å². The molecular weight excluding hydrogens is 212 g/mol. The normalized spacial score (nSPS) is 14.7. The highest BCUT2D eigenvalue weighted by Crippen LogP contribution is 2.36. The van der Waals surface area contributed by atoms with Gasteiger partial charge in [0.25, 0.3) is 0 Å². The van der Waals surface area contributed by atoms with Gasteiger partial charge in [-0.15, -0.1) is 11.8 Å². The minimum absolute atomic E-state index is 0.0794. The predicted molar refractivity (Wildman–Crippen MR) is 60.3 cm³/mol. The SMILES string of the molecule is CN1C(=O)CSc2ccc(NC=O)cc21. The maximum Gasteiger partial charge on any atom is 0.237 e. The number of carbonyl (C=O) groups excluding carboxylic acids is 2. The molecule has 1 aromatic carbocycles. The second-order valence-electron chi connectivity index (χ2n) is 3.19. The maximum atomic E-state index is 11.4. The number of nitrogens with zero attached hydrogens (tertiary/aromatic N) is 1. The Morgan fingerprint density at radius 1 is 1.53 bits per heavy atom. The van der Waals surface area contributed by atoms with Gasteiger partial charge in [0.2, 0.25) is 12.3 Å². The van der Waals surface area contributed by atoms with Crippen LogP contribution in [0.3, 0.4) is 0 Å². The molecule has 0 fully saturated rings. The van der Waals surface area contributed by atoms with Crippen LogP contribution >= 0.6 is 11.8 Å². The van der Waals surface area contributed by atoms with Crippen molar-refractivity contribution in [1.82, 2.24) is 0 Å². The fraction of sp³-hybridized carbons (Fsp3) is 0.200. The van der Waals surface area contributed by atoms with Gasteiger partial charge in [0.1, 0.15) is 0 Å². The number of carbonyl (C=O) groups is 2. The topological polar surface area (TPSA) is 49.4 Å². The third-order valence-corrected chi connectivity index (χ3v) is 3.32. The van der Waals surface area contributed by atoms with Gasteiger partial charge < -0.3 is 10.2 Å². The van der Waals surface area contributed by atoms with E-state index in [1.54, 1.807) is 18.0 Å². The molecule has 1 N–H and O–H groups in total. The summed E-state index contributed by atoms with van der Waals surface area (Å²) in [6, 6.07) is 5.53. The molecule has 2 amide bonds.